The number of halogens is 1. The zero-order chi connectivity index (χ0) is 26.0. The lowest BCUT2D eigenvalue weighted by Crippen LogP contribution is -2.50. The predicted octanol–water partition coefficient (Wildman–Crippen LogP) is 4.48. The summed E-state index contributed by atoms with van der Waals surface area (Å²) in [5.41, 5.74) is 3.40. The smallest absolute Gasteiger partial charge is 0.263 e. The monoisotopic (exact) mass is 539 g/mol. The molecule has 2 aromatic carbocycles. The fraction of sp³-hybridized carbons (Fsp3) is 0.370. The van der Waals surface area contributed by atoms with Crippen molar-refractivity contribution < 1.29 is 13.2 Å². The molecule has 8 nitrogen and oxygen atoms in total. The number of anilines is 2. The molecule has 1 saturated heterocycles. The van der Waals surface area contributed by atoms with Gasteiger partial charge in [-0.15, -0.1) is 0 Å². The summed E-state index contributed by atoms with van der Waals surface area (Å²) in [6.07, 6.45) is 6.45. The van der Waals surface area contributed by atoms with Crippen LogP contribution in [0.4, 0.5) is 11.5 Å². The number of aromatic nitrogens is 2. The largest absolute Gasteiger partial charge is 0.360 e. The van der Waals surface area contributed by atoms with Gasteiger partial charge >= 0.3 is 0 Å². The van der Waals surface area contributed by atoms with Gasteiger partial charge in [0.25, 0.3) is 10.0 Å². The number of aryl methyl sites for hydroxylation is 1. The van der Waals surface area contributed by atoms with Crippen molar-refractivity contribution in [3.8, 4) is 0 Å². The number of hydrogen-bond donors (Lipinski definition) is 1. The van der Waals surface area contributed by atoms with Gasteiger partial charge in [0, 0.05) is 36.5 Å². The highest BCUT2D eigenvalue weighted by atomic mass is 35.5. The van der Waals surface area contributed by atoms with Crippen LogP contribution >= 0.6 is 11.6 Å². The molecule has 3 heterocycles. The quantitative estimate of drug-likeness (QED) is 0.496. The first kappa shape index (κ1) is 25.5. The third kappa shape index (κ3) is 5.57. The molecule has 2 aliphatic rings. The van der Waals surface area contributed by atoms with E-state index in [1.54, 1.807) is 12.1 Å². The van der Waals surface area contributed by atoms with Crippen LogP contribution in [-0.4, -0.2) is 54.9 Å². The van der Waals surface area contributed by atoms with Crippen LogP contribution in [0.15, 0.2) is 66.0 Å². The second-order valence-corrected chi connectivity index (χ2v) is 11.7. The Labute approximate surface area is 222 Å². The van der Waals surface area contributed by atoms with Crippen molar-refractivity contribution in [2.75, 3.05) is 29.3 Å². The molecule has 5 rings (SSSR count). The fourth-order valence-electron chi connectivity index (χ4n) is 5.29. The number of hydrogen-bond acceptors (Lipinski definition) is 6. The normalized spacial score (nSPS) is 17.2. The molecule has 194 valence electrons. The zero-order valence-corrected chi connectivity index (χ0v) is 22.3. The molecule has 1 amide bonds. The van der Waals surface area contributed by atoms with Crippen LogP contribution in [0.25, 0.3) is 0 Å². The molecular weight excluding hydrogens is 510 g/mol. The van der Waals surface area contributed by atoms with Crippen LogP contribution in [-0.2, 0) is 21.2 Å². The van der Waals surface area contributed by atoms with Gasteiger partial charge in [-0.1, -0.05) is 23.7 Å². The molecular formula is C27H30ClN5O3S. The summed E-state index contributed by atoms with van der Waals surface area (Å²) < 4.78 is 27.8. The number of amides is 1. The van der Waals surface area contributed by atoms with Gasteiger partial charge in [0.15, 0.2) is 0 Å². The number of nitrogens with zero attached hydrogens (tertiary/aromatic N) is 4. The Morgan fingerprint density at radius 3 is 2.54 bits per heavy atom. The van der Waals surface area contributed by atoms with Crippen LogP contribution in [0.2, 0.25) is 5.02 Å². The fourth-order valence-corrected chi connectivity index (χ4v) is 6.50. The standard InChI is InChI=1S/C27H30ClN5O3S/c1-19(33-14-2-3-22-17-23(28)6-9-25(22)33)27(34)32-15-11-21(12-16-32)20-4-7-24(8-5-20)37(35,36)31-26-10-13-29-18-30-26/h4-10,13,17-19,21H,2-3,11-12,14-16H2,1H3,(H,29,30,31). The lowest BCUT2D eigenvalue weighted by atomic mass is 9.89. The maximum atomic E-state index is 13.4. The molecule has 10 heteroatoms. The maximum absolute atomic E-state index is 13.4. The van der Waals surface area contributed by atoms with Gasteiger partial charge in [-0.2, -0.15) is 0 Å². The lowest BCUT2D eigenvalue weighted by Gasteiger charge is -2.40. The van der Waals surface area contributed by atoms with E-state index < -0.39 is 10.0 Å². The first-order chi connectivity index (χ1) is 17.8. The van der Waals surface area contributed by atoms with Crippen LogP contribution in [0.5, 0.6) is 0 Å². The lowest BCUT2D eigenvalue weighted by molar-refractivity contribution is -0.133. The first-order valence-corrected chi connectivity index (χ1v) is 14.4. The number of piperidine rings is 1. The van der Waals surface area contributed by atoms with Crippen molar-refractivity contribution >= 4 is 39.0 Å². The second-order valence-electron chi connectivity index (χ2n) is 9.61. The number of fused-ring (bicyclic) bond motifs is 1. The number of nitrogens with one attached hydrogen (secondary N) is 1. The molecule has 0 spiro atoms. The number of rotatable bonds is 6. The minimum absolute atomic E-state index is 0.151. The van der Waals surface area contributed by atoms with Gasteiger partial charge in [0.1, 0.15) is 18.2 Å². The van der Waals surface area contributed by atoms with Crippen molar-refractivity contribution in [1.29, 1.82) is 0 Å². The van der Waals surface area contributed by atoms with Crippen molar-refractivity contribution in [1.82, 2.24) is 14.9 Å². The molecule has 1 unspecified atom stereocenters. The first-order valence-electron chi connectivity index (χ1n) is 12.5. The van der Waals surface area contributed by atoms with Crippen molar-refractivity contribution in [3.63, 3.8) is 0 Å². The topological polar surface area (TPSA) is 95.5 Å². The van der Waals surface area contributed by atoms with Crippen molar-refractivity contribution in [3.05, 3.63) is 77.2 Å². The predicted molar refractivity (Wildman–Crippen MR) is 144 cm³/mol. The summed E-state index contributed by atoms with van der Waals surface area (Å²) in [6, 6.07) is 14.2. The summed E-state index contributed by atoms with van der Waals surface area (Å²) in [5.74, 6) is 0.657. The number of carbonyl (C=O) groups excluding carboxylic acids is 1. The Hall–Kier alpha value is -3.17. The Balaban J connectivity index is 1.19. The van der Waals surface area contributed by atoms with E-state index in [-0.39, 0.29) is 28.6 Å². The van der Waals surface area contributed by atoms with Gasteiger partial charge in [-0.05, 0) is 86.1 Å². The maximum Gasteiger partial charge on any atom is 0.263 e. The molecule has 1 aromatic heterocycles. The highest BCUT2D eigenvalue weighted by molar-refractivity contribution is 7.92. The average molecular weight is 540 g/mol. The third-order valence-corrected chi connectivity index (χ3v) is 8.92. The SMILES string of the molecule is CC(C(=O)N1CCC(c2ccc(S(=O)(=O)Nc3ccncn3)cc2)CC1)N1CCCc2cc(Cl)ccc21. The Morgan fingerprint density at radius 1 is 1.08 bits per heavy atom. The summed E-state index contributed by atoms with van der Waals surface area (Å²) in [6.45, 7) is 4.22. The number of sulfonamides is 1. The van der Waals surface area contributed by atoms with Crippen molar-refractivity contribution in [2.45, 2.75) is 49.5 Å². The molecule has 2 aliphatic heterocycles. The Kier molecular flexibility index (Phi) is 7.35. The molecule has 0 bridgehead atoms. The number of carbonyl (C=O) groups is 1. The molecule has 0 radical (unpaired) electrons. The molecule has 3 aromatic rings. The highest BCUT2D eigenvalue weighted by Gasteiger charge is 2.32. The van der Waals surface area contributed by atoms with Gasteiger partial charge in [0.05, 0.1) is 4.90 Å². The Bertz CT molecular complexity index is 1360. The van der Waals surface area contributed by atoms with Crippen LogP contribution in [0.1, 0.15) is 43.2 Å². The zero-order valence-electron chi connectivity index (χ0n) is 20.7. The van der Waals surface area contributed by atoms with Gasteiger partial charge in [0.2, 0.25) is 5.91 Å². The summed E-state index contributed by atoms with van der Waals surface area (Å²) in [4.78, 5) is 25.5. The third-order valence-electron chi connectivity index (χ3n) is 7.31. The van der Waals surface area contributed by atoms with E-state index in [0.717, 1.165) is 48.5 Å². The van der Waals surface area contributed by atoms with Crippen LogP contribution in [0, 0.1) is 0 Å². The van der Waals surface area contributed by atoms with Crippen molar-refractivity contribution in [2.24, 2.45) is 0 Å². The number of likely N-dealkylation sites (tertiary alicyclic amines) is 1. The Morgan fingerprint density at radius 2 is 1.84 bits per heavy atom. The summed E-state index contributed by atoms with van der Waals surface area (Å²) >= 11 is 6.18. The highest BCUT2D eigenvalue weighted by Crippen LogP contribution is 2.33. The van der Waals surface area contributed by atoms with Gasteiger partial charge < -0.3 is 9.80 Å². The van der Waals surface area contributed by atoms with E-state index in [1.165, 1.54) is 24.2 Å². The molecule has 0 saturated carbocycles. The molecule has 37 heavy (non-hydrogen) atoms. The van der Waals surface area contributed by atoms with Crippen LogP contribution < -0.4 is 9.62 Å². The second kappa shape index (κ2) is 10.7. The van der Waals surface area contributed by atoms with Gasteiger partial charge in [-0.25, -0.2) is 18.4 Å². The van der Waals surface area contributed by atoms with E-state index in [2.05, 4.69) is 19.6 Å². The summed E-state index contributed by atoms with van der Waals surface area (Å²) in [7, 11) is -3.73. The summed E-state index contributed by atoms with van der Waals surface area (Å²) in [5, 5.41) is 0.731. The van der Waals surface area contributed by atoms with E-state index in [1.807, 2.05) is 42.2 Å². The molecule has 1 fully saturated rings. The average Bonchev–Trinajstić information content (AvgIpc) is 2.92. The number of benzene rings is 2. The van der Waals surface area contributed by atoms with Crippen LogP contribution in [0.3, 0.4) is 0 Å². The molecule has 0 aliphatic carbocycles. The minimum atomic E-state index is -3.73. The molecule has 1 N–H and O–H groups in total. The van der Waals surface area contributed by atoms with Gasteiger partial charge in [-0.3, -0.25) is 9.52 Å². The van der Waals surface area contributed by atoms with E-state index >= 15 is 0 Å². The van der Waals surface area contributed by atoms with E-state index in [9.17, 15) is 13.2 Å². The van der Waals surface area contributed by atoms with E-state index in [4.69, 9.17) is 11.6 Å². The molecule has 1 atom stereocenters. The minimum Gasteiger partial charge on any atom is -0.360 e. The van der Waals surface area contributed by atoms with E-state index in [0.29, 0.717) is 13.1 Å².